The van der Waals surface area contributed by atoms with Gasteiger partial charge < -0.3 is 9.80 Å². The minimum Gasteiger partial charge on any atom is -0.301 e. The molecule has 0 saturated carbocycles. The molecule has 4 unspecified atom stereocenters. The fraction of sp³-hybridized carbons (Fsp3) is 1.00. The van der Waals surface area contributed by atoms with E-state index >= 15 is 0 Å². The Hall–Kier alpha value is -0.160. The summed E-state index contributed by atoms with van der Waals surface area (Å²) >= 11 is 0. The van der Waals surface area contributed by atoms with Gasteiger partial charge in [-0.25, -0.2) is 0 Å². The molecular formula is C26H54N4. The second-order valence-electron chi connectivity index (χ2n) is 11.7. The number of piperidine rings is 2. The van der Waals surface area contributed by atoms with Gasteiger partial charge in [0.25, 0.3) is 0 Å². The first kappa shape index (κ1) is 26.1. The zero-order chi connectivity index (χ0) is 22.9. The van der Waals surface area contributed by atoms with Crippen molar-refractivity contribution >= 4 is 0 Å². The summed E-state index contributed by atoms with van der Waals surface area (Å²) in [5.41, 5.74) is 0.513. The molecule has 0 amide bonds. The molecule has 0 spiro atoms. The Balaban J connectivity index is 2.24. The maximum atomic E-state index is 2.78. The molecule has 4 heteroatoms. The molecule has 178 valence electrons. The summed E-state index contributed by atoms with van der Waals surface area (Å²) in [7, 11) is 9.47. The molecule has 0 aromatic carbocycles. The van der Waals surface area contributed by atoms with E-state index in [1.54, 1.807) is 0 Å². The summed E-state index contributed by atoms with van der Waals surface area (Å²) in [6, 6.07) is 1.31. The predicted molar refractivity (Wildman–Crippen MR) is 132 cm³/mol. The van der Waals surface area contributed by atoms with Crippen molar-refractivity contribution in [1.82, 2.24) is 19.6 Å². The Morgan fingerprint density at radius 1 is 0.800 bits per heavy atom. The smallest absolute Gasteiger partial charge is 0.0622 e. The lowest BCUT2D eigenvalue weighted by atomic mass is 9.75. The lowest BCUT2D eigenvalue weighted by Gasteiger charge is -2.56. The van der Waals surface area contributed by atoms with Gasteiger partial charge in [-0.2, -0.15) is 0 Å². The van der Waals surface area contributed by atoms with Crippen molar-refractivity contribution in [2.75, 3.05) is 41.3 Å². The Morgan fingerprint density at radius 3 is 1.57 bits per heavy atom. The van der Waals surface area contributed by atoms with E-state index in [4.69, 9.17) is 0 Å². The minimum absolute atomic E-state index is 0.256. The average Bonchev–Trinajstić information content (AvgIpc) is 2.68. The molecule has 0 aromatic heterocycles. The standard InChI is InChI=1S/C26H54N4/c1-12-13-14-15-24(29(10)22-16-18-27(8)25(4,5)20(22)2)30(11)23-17-19-28(9)26(6,7)21(23)3/h20-24H,12-19H2,1-11H3. The first-order valence-corrected chi connectivity index (χ1v) is 12.7. The maximum Gasteiger partial charge on any atom is 0.0622 e. The van der Waals surface area contributed by atoms with Crippen LogP contribution in [0.1, 0.15) is 87.0 Å². The molecule has 0 aromatic rings. The van der Waals surface area contributed by atoms with Crippen molar-refractivity contribution in [3.05, 3.63) is 0 Å². The molecule has 4 nitrogen and oxygen atoms in total. The Kier molecular flexibility index (Phi) is 8.86. The fourth-order valence-electron chi connectivity index (χ4n) is 6.19. The van der Waals surface area contributed by atoms with Crippen LogP contribution in [0.2, 0.25) is 0 Å². The van der Waals surface area contributed by atoms with Gasteiger partial charge >= 0.3 is 0 Å². The van der Waals surface area contributed by atoms with Crippen LogP contribution < -0.4 is 0 Å². The molecule has 0 radical (unpaired) electrons. The number of hydrogen-bond donors (Lipinski definition) is 0. The highest BCUT2D eigenvalue weighted by molar-refractivity contribution is 5.00. The van der Waals surface area contributed by atoms with Gasteiger partial charge in [0.15, 0.2) is 0 Å². The van der Waals surface area contributed by atoms with Gasteiger partial charge in [0.1, 0.15) is 0 Å². The monoisotopic (exact) mass is 422 g/mol. The highest BCUT2D eigenvalue weighted by Gasteiger charge is 2.46. The van der Waals surface area contributed by atoms with E-state index in [0.29, 0.717) is 30.1 Å². The SMILES string of the molecule is CCCCCC(N(C)C1CCN(C)C(C)(C)C1C)N(C)C1CCN(C)C(C)(C)C1C. The summed E-state index contributed by atoms with van der Waals surface area (Å²) in [6.45, 7) is 19.5. The van der Waals surface area contributed by atoms with E-state index in [1.165, 1.54) is 51.6 Å². The van der Waals surface area contributed by atoms with Crippen LogP contribution in [0.25, 0.3) is 0 Å². The highest BCUT2D eigenvalue weighted by atomic mass is 15.4. The summed E-state index contributed by atoms with van der Waals surface area (Å²) in [5, 5.41) is 0. The fourth-order valence-corrected chi connectivity index (χ4v) is 6.19. The quantitative estimate of drug-likeness (QED) is 0.403. The molecule has 0 aliphatic carbocycles. The third-order valence-electron chi connectivity index (χ3n) is 9.92. The van der Waals surface area contributed by atoms with Gasteiger partial charge in [-0.05, 0) is 100 Å². The molecule has 30 heavy (non-hydrogen) atoms. The van der Waals surface area contributed by atoms with Crippen LogP contribution >= 0.6 is 0 Å². The van der Waals surface area contributed by atoms with Crippen molar-refractivity contribution in [3.63, 3.8) is 0 Å². The summed E-state index contributed by atoms with van der Waals surface area (Å²) in [6.07, 6.45) is 8.38. The van der Waals surface area contributed by atoms with Crippen molar-refractivity contribution in [2.45, 2.75) is 116 Å². The van der Waals surface area contributed by atoms with Gasteiger partial charge in [-0.3, -0.25) is 9.80 Å². The maximum absolute atomic E-state index is 2.78. The average molecular weight is 423 g/mol. The minimum atomic E-state index is 0.256. The van der Waals surface area contributed by atoms with Crippen molar-refractivity contribution in [2.24, 2.45) is 11.8 Å². The van der Waals surface area contributed by atoms with Crippen LogP contribution in [0.5, 0.6) is 0 Å². The largest absolute Gasteiger partial charge is 0.301 e. The molecule has 2 heterocycles. The Morgan fingerprint density at radius 2 is 1.20 bits per heavy atom. The third kappa shape index (κ3) is 5.08. The molecule has 2 fully saturated rings. The van der Waals surface area contributed by atoms with Gasteiger partial charge in [0, 0.05) is 23.2 Å². The number of hydrogen-bond acceptors (Lipinski definition) is 4. The van der Waals surface area contributed by atoms with E-state index < -0.39 is 0 Å². The number of likely N-dealkylation sites (tertiary alicyclic amines) is 2. The van der Waals surface area contributed by atoms with E-state index in [9.17, 15) is 0 Å². The molecule has 2 rings (SSSR count). The zero-order valence-electron chi connectivity index (χ0n) is 22.3. The van der Waals surface area contributed by atoms with Crippen molar-refractivity contribution in [3.8, 4) is 0 Å². The summed E-state index contributed by atoms with van der Waals surface area (Å²) < 4.78 is 0. The summed E-state index contributed by atoms with van der Waals surface area (Å²) in [5.74, 6) is 1.32. The molecule has 4 atom stereocenters. The first-order valence-electron chi connectivity index (χ1n) is 12.7. The van der Waals surface area contributed by atoms with Crippen LogP contribution in [0, 0.1) is 11.8 Å². The van der Waals surface area contributed by atoms with E-state index in [0.717, 1.165) is 0 Å². The van der Waals surface area contributed by atoms with Gasteiger partial charge in [0.2, 0.25) is 0 Å². The second-order valence-corrected chi connectivity index (χ2v) is 11.7. The normalized spacial score (nSPS) is 33.9. The number of nitrogens with zero attached hydrogens (tertiary/aromatic N) is 4. The van der Waals surface area contributed by atoms with Crippen LogP contribution in [0.4, 0.5) is 0 Å². The third-order valence-corrected chi connectivity index (χ3v) is 9.92. The van der Waals surface area contributed by atoms with E-state index in [-0.39, 0.29) is 11.1 Å². The van der Waals surface area contributed by atoms with Crippen LogP contribution in [-0.2, 0) is 0 Å². The van der Waals surface area contributed by atoms with Crippen LogP contribution in [0.3, 0.4) is 0 Å². The Bertz CT molecular complexity index is 489. The van der Waals surface area contributed by atoms with E-state index in [2.05, 4.69) is 96.3 Å². The molecule has 2 aliphatic rings. The molecule has 2 aliphatic heterocycles. The second kappa shape index (κ2) is 10.2. The number of unbranched alkanes of at least 4 members (excludes halogenated alkanes) is 2. The van der Waals surface area contributed by atoms with Gasteiger partial charge in [-0.15, -0.1) is 0 Å². The van der Waals surface area contributed by atoms with Crippen molar-refractivity contribution < 1.29 is 0 Å². The summed E-state index contributed by atoms with van der Waals surface area (Å²) in [4.78, 5) is 10.7. The molecule has 0 N–H and O–H groups in total. The highest BCUT2D eigenvalue weighted by Crippen LogP contribution is 2.38. The topological polar surface area (TPSA) is 13.0 Å². The first-order chi connectivity index (χ1) is 13.9. The van der Waals surface area contributed by atoms with Crippen molar-refractivity contribution in [1.29, 1.82) is 0 Å². The van der Waals surface area contributed by atoms with Gasteiger partial charge in [-0.1, -0.05) is 40.0 Å². The Labute approximate surface area is 189 Å². The predicted octanol–water partition coefficient (Wildman–Crippen LogP) is 4.99. The zero-order valence-corrected chi connectivity index (χ0v) is 22.3. The molecule has 0 bridgehead atoms. The van der Waals surface area contributed by atoms with Crippen LogP contribution in [-0.4, -0.2) is 90.2 Å². The lowest BCUT2D eigenvalue weighted by molar-refractivity contribution is -0.0870. The lowest BCUT2D eigenvalue weighted by Crippen LogP contribution is -2.65. The van der Waals surface area contributed by atoms with Crippen LogP contribution in [0.15, 0.2) is 0 Å². The molecule has 2 saturated heterocycles. The molecular weight excluding hydrogens is 368 g/mol. The van der Waals surface area contributed by atoms with Gasteiger partial charge in [0.05, 0.1) is 6.17 Å². The number of rotatable bonds is 8. The van der Waals surface area contributed by atoms with E-state index in [1.807, 2.05) is 0 Å².